The van der Waals surface area contributed by atoms with Gasteiger partial charge in [-0.25, -0.2) is 4.79 Å². The van der Waals surface area contributed by atoms with Gasteiger partial charge in [-0.3, -0.25) is 0 Å². The Morgan fingerprint density at radius 1 is 1.08 bits per heavy atom. The summed E-state index contributed by atoms with van der Waals surface area (Å²) in [7, 11) is 4.58. The van der Waals surface area contributed by atoms with E-state index in [-0.39, 0.29) is 12.1 Å². The van der Waals surface area contributed by atoms with Gasteiger partial charge in [0, 0.05) is 12.1 Å². The zero-order chi connectivity index (χ0) is 18.5. The lowest BCUT2D eigenvalue weighted by Gasteiger charge is -2.26. The Morgan fingerprint density at radius 2 is 1.77 bits per heavy atom. The van der Waals surface area contributed by atoms with Gasteiger partial charge in [0.15, 0.2) is 11.5 Å². The first-order chi connectivity index (χ1) is 12.6. The highest BCUT2D eigenvalue weighted by Crippen LogP contribution is 2.39. The third-order valence-corrected chi connectivity index (χ3v) is 4.14. The summed E-state index contributed by atoms with van der Waals surface area (Å²) in [5.41, 5.74) is 1.62. The van der Waals surface area contributed by atoms with Gasteiger partial charge in [0.05, 0.1) is 33.1 Å². The molecule has 0 fully saturated rings. The summed E-state index contributed by atoms with van der Waals surface area (Å²) in [5.74, 6) is 2.28. The van der Waals surface area contributed by atoms with Crippen LogP contribution in [0.2, 0.25) is 0 Å². The molecule has 0 saturated carbocycles. The molecule has 0 unspecified atom stereocenters. The van der Waals surface area contributed by atoms with E-state index in [4.69, 9.17) is 18.9 Å². The number of anilines is 1. The number of methoxy groups -OCH3 is 3. The molecule has 3 rings (SSSR count). The van der Waals surface area contributed by atoms with Gasteiger partial charge in [0.1, 0.15) is 12.4 Å². The highest BCUT2D eigenvalue weighted by Gasteiger charge is 2.21. The number of carbonyl (C=O) groups excluding carboxylic acids is 1. The molecule has 138 valence electrons. The molecule has 0 radical (unpaired) electrons. The van der Waals surface area contributed by atoms with Crippen LogP contribution in [0.4, 0.5) is 10.5 Å². The number of nitrogens with one attached hydrogen (secondary N) is 2. The molecule has 2 aromatic carbocycles. The monoisotopic (exact) mass is 358 g/mol. The van der Waals surface area contributed by atoms with Crippen LogP contribution in [0.1, 0.15) is 5.56 Å². The van der Waals surface area contributed by atoms with E-state index in [2.05, 4.69) is 10.6 Å². The minimum atomic E-state index is -0.327. The van der Waals surface area contributed by atoms with Crippen molar-refractivity contribution in [3.05, 3.63) is 42.0 Å². The predicted octanol–water partition coefficient (Wildman–Crippen LogP) is 2.84. The van der Waals surface area contributed by atoms with E-state index >= 15 is 0 Å². The first-order valence-corrected chi connectivity index (χ1v) is 8.22. The number of fused-ring (bicyclic) bond motifs is 1. The van der Waals surface area contributed by atoms with E-state index in [1.165, 1.54) is 21.3 Å². The minimum Gasteiger partial charge on any atom is -0.493 e. The Morgan fingerprint density at radius 3 is 2.42 bits per heavy atom. The fraction of sp³-hybridized carbons (Fsp3) is 0.316. The molecule has 0 aliphatic carbocycles. The number of carbonyl (C=O) groups is 1. The molecular weight excluding hydrogens is 336 g/mol. The van der Waals surface area contributed by atoms with Crippen molar-refractivity contribution < 1.29 is 23.7 Å². The second-order valence-corrected chi connectivity index (χ2v) is 5.83. The average molecular weight is 358 g/mol. The summed E-state index contributed by atoms with van der Waals surface area (Å²) in [4.78, 5) is 12.4. The first kappa shape index (κ1) is 17.7. The van der Waals surface area contributed by atoms with Crippen molar-refractivity contribution in [2.45, 2.75) is 12.5 Å². The van der Waals surface area contributed by atoms with Crippen LogP contribution >= 0.6 is 0 Å². The van der Waals surface area contributed by atoms with Crippen LogP contribution in [0.25, 0.3) is 0 Å². The van der Waals surface area contributed by atoms with Gasteiger partial charge in [-0.1, -0.05) is 18.2 Å². The fourth-order valence-electron chi connectivity index (χ4n) is 2.93. The number of amides is 2. The fourth-order valence-corrected chi connectivity index (χ4v) is 2.93. The summed E-state index contributed by atoms with van der Waals surface area (Å²) in [6.45, 7) is 0.430. The van der Waals surface area contributed by atoms with Crippen molar-refractivity contribution in [2.75, 3.05) is 33.3 Å². The summed E-state index contributed by atoms with van der Waals surface area (Å²) in [5, 5.41) is 5.72. The number of urea groups is 1. The van der Waals surface area contributed by atoms with Crippen LogP contribution in [0.3, 0.4) is 0 Å². The maximum Gasteiger partial charge on any atom is 0.319 e. The number of para-hydroxylation sites is 1. The van der Waals surface area contributed by atoms with E-state index in [1.807, 2.05) is 24.3 Å². The number of hydrogen-bond donors (Lipinski definition) is 2. The van der Waals surface area contributed by atoms with Crippen LogP contribution in [-0.2, 0) is 6.42 Å². The van der Waals surface area contributed by atoms with Crippen molar-refractivity contribution in [2.24, 2.45) is 0 Å². The van der Waals surface area contributed by atoms with Crippen molar-refractivity contribution in [3.63, 3.8) is 0 Å². The number of hydrogen-bond acceptors (Lipinski definition) is 5. The van der Waals surface area contributed by atoms with Crippen LogP contribution < -0.4 is 29.6 Å². The zero-order valence-electron chi connectivity index (χ0n) is 15.0. The molecule has 2 amide bonds. The molecule has 7 nitrogen and oxygen atoms in total. The molecule has 0 saturated heterocycles. The number of benzene rings is 2. The molecule has 26 heavy (non-hydrogen) atoms. The SMILES string of the molecule is COc1cc(NC(=O)N[C@@H]2COc3ccccc3C2)cc(OC)c1OC. The summed E-state index contributed by atoms with van der Waals surface area (Å²) >= 11 is 0. The predicted molar refractivity (Wildman–Crippen MR) is 97.7 cm³/mol. The summed E-state index contributed by atoms with van der Waals surface area (Å²) in [6, 6.07) is 10.7. The Bertz CT molecular complexity index is 768. The van der Waals surface area contributed by atoms with Crippen LogP contribution in [0.15, 0.2) is 36.4 Å². The molecule has 1 atom stereocenters. The molecule has 1 aliphatic rings. The van der Waals surface area contributed by atoms with Gasteiger partial charge in [-0.15, -0.1) is 0 Å². The molecular formula is C19H22N2O5. The molecule has 7 heteroatoms. The maximum absolute atomic E-state index is 12.4. The smallest absolute Gasteiger partial charge is 0.319 e. The van der Waals surface area contributed by atoms with E-state index in [9.17, 15) is 4.79 Å². The highest BCUT2D eigenvalue weighted by atomic mass is 16.5. The van der Waals surface area contributed by atoms with Crippen molar-refractivity contribution in [3.8, 4) is 23.0 Å². The van der Waals surface area contributed by atoms with Crippen molar-refractivity contribution >= 4 is 11.7 Å². The Kier molecular flexibility index (Phi) is 5.36. The number of rotatable bonds is 5. The Hall–Kier alpha value is -3.09. The van der Waals surface area contributed by atoms with E-state index in [0.717, 1.165) is 17.7 Å². The number of ether oxygens (including phenoxy) is 4. The Labute approximate surface area is 152 Å². The van der Waals surface area contributed by atoms with Gasteiger partial charge in [-0.2, -0.15) is 0 Å². The molecule has 2 aromatic rings. The topological polar surface area (TPSA) is 78.1 Å². The van der Waals surface area contributed by atoms with Crippen LogP contribution in [0, 0.1) is 0 Å². The molecule has 0 aromatic heterocycles. The third kappa shape index (κ3) is 3.77. The van der Waals surface area contributed by atoms with Crippen molar-refractivity contribution in [1.29, 1.82) is 0 Å². The quantitative estimate of drug-likeness (QED) is 0.859. The highest BCUT2D eigenvalue weighted by molar-refractivity contribution is 5.90. The van der Waals surface area contributed by atoms with Crippen LogP contribution in [-0.4, -0.2) is 40.0 Å². The van der Waals surface area contributed by atoms with E-state index in [0.29, 0.717) is 29.5 Å². The summed E-state index contributed by atoms with van der Waals surface area (Å²) < 4.78 is 21.6. The van der Waals surface area contributed by atoms with E-state index in [1.54, 1.807) is 12.1 Å². The largest absolute Gasteiger partial charge is 0.493 e. The lowest BCUT2D eigenvalue weighted by Crippen LogP contribution is -2.44. The molecule has 0 bridgehead atoms. The third-order valence-electron chi connectivity index (χ3n) is 4.14. The standard InChI is InChI=1S/C19H22N2O5/c1-23-16-9-13(10-17(24-2)18(16)25-3)20-19(22)21-14-8-12-6-4-5-7-15(12)26-11-14/h4-7,9-10,14H,8,11H2,1-3H3,(H2,20,21,22)/t14-/m0/s1. The second kappa shape index (κ2) is 7.86. The van der Waals surface area contributed by atoms with Crippen molar-refractivity contribution in [1.82, 2.24) is 5.32 Å². The average Bonchev–Trinajstić information content (AvgIpc) is 2.66. The Balaban J connectivity index is 1.67. The van der Waals surface area contributed by atoms with Gasteiger partial charge >= 0.3 is 6.03 Å². The van der Waals surface area contributed by atoms with Crippen LogP contribution in [0.5, 0.6) is 23.0 Å². The maximum atomic E-state index is 12.4. The zero-order valence-corrected chi connectivity index (χ0v) is 15.0. The normalized spacial score (nSPS) is 15.3. The van der Waals surface area contributed by atoms with E-state index < -0.39 is 0 Å². The minimum absolute atomic E-state index is 0.105. The summed E-state index contributed by atoms with van der Waals surface area (Å²) in [6.07, 6.45) is 0.721. The lowest BCUT2D eigenvalue weighted by molar-refractivity contribution is 0.222. The molecule has 0 spiro atoms. The van der Waals surface area contributed by atoms with Gasteiger partial charge in [0.2, 0.25) is 5.75 Å². The van der Waals surface area contributed by atoms with Gasteiger partial charge in [0.25, 0.3) is 0 Å². The van der Waals surface area contributed by atoms with Gasteiger partial charge < -0.3 is 29.6 Å². The lowest BCUT2D eigenvalue weighted by atomic mass is 10.0. The molecule has 1 aliphatic heterocycles. The first-order valence-electron chi connectivity index (χ1n) is 8.22. The second-order valence-electron chi connectivity index (χ2n) is 5.83. The van der Waals surface area contributed by atoms with Gasteiger partial charge in [-0.05, 0) is 18.1 Å². The molecule has 2 N–H and O–H groups in total. The molecule has 1 heterocycles.